The van der Waals surface area contributed by atoms with E-state index in [-0.39, 0.29) is 11.8 Å². The minimum atomic E-state index is -0.324. The fourth-order valence-electron chi connectivity index (χ4n) is 1.31. The molecule has 0 radical (unpaired) electrons. The molecule has 0 aliphatic carbocycles. The number of aromatic nitrogens is 1. The summed E-state index contributed by atoms with van der Waals surface area (Å²) in [5, 5.41) is 6.19. The molecule has 16 heavy (non-hydrogen) atoms. The van der Waals surface area contributed by atoms with E-state index in [1.165, 1.54) is 0 Å². The molecule has 4 nitrogen and oxygen atoms in total. The number of carbonyl (C=O) groups excluding carboxylic acids is 1. The van der Waals surface area contributed by atoms with Crippen LogP contribution in [0.3, 0.4) is 0 Å². The summed E-state index contributed by atoms with van der Waals surface area (Å²) >= 11 is 5.39. The molecule has 0 aliphatic heterocycles. The largest absolute Gasteiger partial charge is 0.338 e. The molecule has 1 amide bonds. The maximum Gasteiger partial charge on any atom is 0.241 e. The number of carbonyl (C=O) groups is 1. The normalized spacial score (nSPS) is 10.1. The molecule has 1 aromatic carbocycles. The molecule has 5 heteroatoms. The maximum absolute atomic E-state index is 11.1. The van der Waals surface area contributed by atoms with Gasteiger partial charge in [0.15, 0.2) is 0 Å². The van der Waals surface area contributed by atoms with Crippen molar-refractivity contribution in [3.8, 4) is 11.1 Å². The molecule has 0 saturated carbocycles. The number of amides is 1. The van der Waals surface area contributed by atoms with Gasteiger partial charge >= 0.3 is 0 Å². The van der Waals surface area contributed by atoms with Crippen molar-refractivity contribution >= 4 is 23.4 Å². The van der Waals surface area contributed by atoms with E-state index in [1.54, 1.807) is 6.20 Å². The summed E-state index contributed by atoms with van der Waals surface area (Å²) in [6.45, 7) is 0. The van der Waals surface area contributed by atoms with Crippen LogP contribution in [0.15, 0.2) is 41.1 Å². The Morgan fingerprint density at radius 2 is 2.12 bits per heavy atom. The van der Waals surface area contributed by atoms with Crippen molar-refractivity contribution in [2.45, 2.75) is 0 Å². The van der Waals surface area contributed by atoms with Crippen LogP contribution in [0.25, 0.3) is 11.1 Å². The van der Waals surface area contributed by atoms with Gasteiger partial charge in [0.2, 0.25) is 11.8 Å². The molecule has 0 unspecified atom stereocenters. The first kappa shape index (κ1) is 10.7. The number of nitrogens with one attached hydrogen (secondary N) is 1. The van der Waals surface area contributed by atoms with Crippen LogP contribution in [-0.4, -0.2) is 16.9 Å². The molecule has 2 aromatic rings. The second-order valence-corrected chi connectivity index (χ2v) is 3.38. The molecule has 1 N–H and O–H groups in total. The first-order valence-electron chi connectivity index (χ1n) is 4.67. The molecule has 0 aliphatic rings. The van der Waals surface area contributed by atoms with Crippen molar-refractivity contribution in [3.63, 3.8) is 0 Å². The summed E-state index contributed by atoms with van der Waals surface area (Å²) in [4.78, 5) is 11.1. The van der Waals surface area contributed by atoms with E-state index in [0.717, 1.165) is 11.1 Å². The van der Waals surface area contributed by atoms with Crippen LogP contribution in [-0.2, 0) is 4.79 Å². The second kappa shape index (κ2) is 4.81. The van der Waals surface area contributed by atoms with Crippen LogP contribution < -0.4 is 5.32 Å². The number of nitrogens with zero attached hydrogens (tertiary/aromatic N) is 1. The standard InChI is InChI=1S/C11H9ClN2O2/c12-6-10(15)14-11-9(7-13-16-11)8-4-2-1-3-5-8/h1-5,7H,6H2,(H,14,15). The summed E-state index contributed by atoms with van der Waals surface area (Å²) in [7, 11) is 0. The molecule has 82 valence electrons. The lowest BCUT2D eigenvalue weighted by Crippen LogP contribution is -2.12. The smallest absolute Gasteiger partial charge is 0.241 e. The van der Waals surface area contributed by atoms with Crippen molar-refractivity contribution in [3.05, 3.63) is 36.5 Å². The zero-order valence-corrected chi connectivity index (χ0v) is 9.07. The number of hydrogen-bond donors (Lipinski definition) is 1. The van der Waals surface area contributed by atoms with Gasteiger partial charge in [-0.2, -0.15) is 0 Å². The highest BCUT2D eigenvalue weighted by atomic mass is 35.5. The van der Waals surface area contributed by atoms with Gasteiger partial charge in [0.05, 0.1) is 11.8 Å². The van der Waals surface area contributed by atoms with E-state index in [0.29, 0.717) is 5.88 Å². The van der Waals surface area contributed by atoms with E-state index < -0.39 is 0 Å². The van der Waals surface area contributed by atoms with E-state index in [9.17, 15) is 4.79 Å². The summed E-state index contributed by atoms with van der Waals surface area (Å²) in [6, 6.07) is 9.52. The van der Waals surface area contributed by atoms with Gasteiger partial charge in [0, 0.05) is 0 Å². The van der Waals surface area contributed by atoms with Gasteiger partial charge < -0.3 is 4.52 Å². The van der Waals surface area contributed by atoms with Crippen molar-refractivity contribution in [1.29, 1.82) is 0 Å². The molecule has 2 rings (SSSR count). The fraction of sp³-hybridized carbons (Fsp3) is 0.0909. The van der Waals surface area contributed by atoms with Crippen molar-refractivity contribution in [2.75, 3.05) is 11.2 Å². The molecular weight excluding hydrogens is 228 g/mol. The zero-order chi connectivity index (χ0) is 11.4. The molecule has 0 fully saturated rings. The third-order valence-electron chi connectivity index (χ3n) is 2.03. The molecule has 0 spiro atoms. The highest BCUT2D eigenvalue weighted by molar-refractivity contribution is 6.29. The first-order chi connectivity index (χ1) is 7.81. The van der Waals surface area contributed by atoms with E-state index in [2.05, 4.69) is 10.5 Å². The van der Waals surface area contributed by atoms with Gasteiger partial charge in [-0.1, -0.05) is 35.5 Å². The first-order valence-corrected chi connectivity index (χ1v) is 5.20. The molecule has 0 atom stereocenters. The number of anilines is 1. The Kier molecular flexibility index (Phi) is 3.22. The number of hydrogen-bond acceptors (Lipinski definition) is 3. The lowest BCUT2D eigenvalue weighted by Gasteiger charge is -2.01. The third-order valence-corrected chi connectivity index (χ3v) is 2.27. The summed E-state index contributed by atoms with van der Waals surface area (Å²) in [5.41, 5.74) is 1.66. The van der Waals surface area contributed by atoms with E-state index in [4.69, 9.17) is 16.1 Å². The predicted molar refractivity (Wildman–Crippen MR) is 61.3 cm³/mol. The number of benzene rings is 1. The van der Waals surface area contributed by atoms with E-state index >= 15 is 0 Å². The van der Waals surface area contributed by atoms with Crippen molar-refractivity contribution in [2.24, 2.45) is 0 Å². The van der Waals surface area contributed by atoms with Gasteiger partial charge in [-0.15, -0.1) is 11.6 Å². The van der Waals surface area contributed by atoms with Crippen molar-refractivity contribution in [1.82, 2.24) is 5.16 Å². The van der Waals surface area contributed by atoms with Crippen LogP contribution in [0.2, 0.25) is 0 Å². The Bertz CT molecular complexity index is 482. The number of alkyl halides is 1. The Morgan fingerprint density at radius 1 is 1.38 bits per heavy atom. The van der Waals surface area contributed by atoms with Crippen LogP contribution >= 0.6 is 11.6 Å². The summed E-state index contributed by atoms with van der Waals surface area (Å²) in [5.74, 6) is -0.123. The van der Waals surface area contributed by atoms with Crippen LogP contribution in [0.1, 0.15) is 0 Å². The molecule has 1 heterocycles. The molecule has 0 bridgehead atoms. The maximum atomic E-state index is 11.1. The lowest BCUT2D eigenvalue weighted by atomic mass is 10.1. The molecule has 1 aromatic heterocycles. The monoisotopic (exact) mass is 236 g/mol. The highest BCUT2D eigenvalue weighted by Gasteiger charge is 2.12. The fourth-order valence-corrected chi connectivity index (χ4v) is 1.38. The zero-order valence-electron chi connectivity index (χ0n) is 8.31. The van der Waals surface area contributed by atoms with Gasteiger partial charge in [0.25, 0.3) is 0 Å². The quantitative estimate of drug-likeness (QED) is 0.834. The summed E-state index contributed by atoms with van der Waals surface area (Å²) < 4.78 is 4.95. The number of rotatable bonds is 3. The highest BCUT2D eigenvalue weighted by Crippen LogP contribution is 2.27. The number of halogens is 1. The van der Waals surface area contributed by atoms with Crippen LogP contribution in [0.5, 0.6) is 0 Å². The topological polar surface area (TPSA) is 55.1 Å². The van der Waals surface area contributed by atoms with E-state index in [1.807, 2.05) is 30.3 Å². The molecule has 0 saturated heterocycles. The van der Waals surface area contributed by atoms with Gasteiger partial charge in [-0.25, -0.2) is 0 Å². The minimum Gasteiger partial charge on any atom is -0.338 e. The van der Waals surface area contributed by atoms with Gasteiger partial charge in [-0.05, 0) is 5.56 Å². The SMILES string of the molecule is O=C(CCl)Nc1oncc1-c1ccccc1. The average molecular weight is 237 g/mol. The summed E-state index contributed by atoms with van der Waals surface area (Å²) in [6.07, 6.45) is 1.55. The Labute approximate surface area is 97.2 Å². The Balaban J connectivity index is 2.29. The van der Waals surface area contributed by atoms with Crippen LogP contribution in [0, 0.1) is 0 Å². The predicted octanol–water partition coefficient (Wildman–Crippen LogP) is 2.52. The van der Waals surface area contributed by atoms with Gasteiger partial charge in [0.1, 0.15) is 5.88 Å². The third kappa shape index (κ3) is 2.23. The lowest BCUT2D eigenvalue weighted by molar-refractivity contribution is -0.114. The van der Waals surface area contributed by atoms with Crippen molar-refractivity contribution < 1.29 is 9.32 Å². The van der Waals surface area contributed by atoms with Gasteiger partial charge in [-0.3, -0.25) is 10.1 Å². The Hall–Kier alpha value is -1.81. The second-order valence-electron chi connectivity index (χ2n) is 3.12. The molecular formula is C11H9ClN2O2. The Morgan fingerprint density at radius 3 is 2.81 bits per heavy atom. The minimum absolute atomic E-state index is 0.116. The van der Waals surface area contributed by atoms with Crippen LogP contribution in [0.4, 0.5) is 5.88 Å². The average Bonchev–Trinajstić information content (AvgIpc) is 2.78.